The molecule has 172 valence electrons. The number of carbonyl (C=O) groups is 2. The van der Waals surface area contributed by atoms with Crippen molar-refractivity contribution in [2.24, 2.45) is 0 Å². The Morgan fingerprint density at radius 3 is 1.59 bits per heavy atom. The molecule has 8 heteroatoms. The number of hydrogen-bond donors (Lipinski definition) is 1. The molecule has 1 aromatic heterocycles. The number of ether oxygens (including phenoxy) is 2. The van der Waals surface area contributed by atoms with E-state index in [1.54, 1.807) is 26.0 Å². The predicted molar refractivity (Wildman–Crippen MR) is 131 cm³/mol. The first kappa shape index (κ1) is 22.0. The molecule has 5 aromatic rings. The number of rotatable bonds is 4. The molecule has 0 bridgehead atoms. The maximum absolute atomic E-state index is 12.9. The topological polar surface area (TPSA) is 99.1 Å². The maximum atomic E-state index is 12.9. The largest absolute Gasteiger partial charge is 0.462 e. The zero-order valence-corrected chi connectivity index (χ0v) is 19.4. The Kier molecular flexibility index (Phi) is 5.74. The van der Waals surface area contributed by atoms with Gasteiger partial charge in [-0.3, -0.25) is 4.89 Å². The molecule has 5 rings (SSSR count). The highest BCUT2D eigenvalue weighted by molar-refractivity contribution is 7.30. The second kappa shape index (κ2) is 8.86. The molecule has 0 spiro atoms. The average Bonchev–Trinajstić information content (AvgIpc) is 2.99. The zero-order valence-electron chi connectivity index (χ0n) is 18.5. The van der Waals surface area contributed by atoms with Crippen LogP contribution >= 0.6 is 8.24 Å². The van der Waals surface area contributed by atoms with Crippen molar-refractivity contribution in [3.8, 4) is 0 Å². The summed E-state index contributed by atoms with van der Waals surface area (Å²) < 4.78 is 22.2. The molecule has 4 aromatic carbocycles. The van der Waals surface area contributed by atoms with E-state index in [4.69, 9.17) is 17.9 Å². The fourth-order valence-electron chi connectivity index (χ4n) is 4.24. The molecule has 0 unspecified atom stereocenters. The van der Waals surface area contributed by atoms with Gasteiger partial charge in [-0.1, -0.05) is 48.5 Å². The standard InChI is InChI=1S/C26H21O7P/c1-3-30-25(27)19-13-15-9-5-7-11-17(15)21-22-18-12-8-6-10-16(18)14-20(26(28)31-4-2)24(22)33-34(29)32-23(19)21/h5-14,29H,3-4H2,1-2H3. The molecule has 0 saturated carbocycles. The highest BCUT2D eigenvalue weighted by Crippen LogP contribution is 2.42. The molecular weight excluding hydrogens is 455 g/mol. The van der Waals surface area contributed by atoms with Gasteiger partial charge in [-0.25, -0.2) is 9.59 Å². The Hall–Kier alpha value is -3.80. The molecule has 0 fully saturated rings. The van der Waals surface area contributed by atoms with Crippen molar-refractivity contribution in [1.29, 1.82) is 0 Å². The van der Waals surface area contributed by atoms with Crippen molar-refractivity contribution < 1.29 is 32.3 Å². The highest BCUT2D eigenvalue weighted by atomic mass is 31.1. The Balaban J connectivity index is 2.13. The summed E-state index contributed by atoms with van der Waals surface area (Å²) in [6, 6.07) is 18.4. The molecule has 0 aliphatic heterocycles. The number of carbonyl (C=O) groups excluding carboxylic acids is 2. The van der Waals surface area contributed by atoms with Crippen molar-refractivity contribution in [3.05, 3.63) is 71.8 Å². The Morgan fingerprint density at radius 1 is 0.765 bits per heavy atom. The van der Waals surface area contributed by atoms with Crippen molar-refractivity contribution in [2.75, 3.05) is 13.2 Å². The fourth-order valence-corrected chi connectivity index (χ4v) is 4.97. The van der Waals surface area contributed by atoms with Gasteiger partial charge in [0.15, 0.2) is 11.2 Å². The number of hydrogen-bond acceptors (Lipinski definition) is 7. The van der Waals surface area contributed by atoms with Crippen LogP contribution in [0.1, 0.15) is 34.6 Å². The first-order chi connectivity index (χ1) is 16.5. The van der Waals surface area contributed by atoms with Gasteiger partial charge < -0.3 is 17.9 Å². The minimum atomic E-state index is -2.52. The third-order valence-electron chi connectivity index (χ3n) is 5.58. The molecule has 7 nitrogen and oxygen atoms in total. The van der Waals surface area contributed by atoms with E-state index in [1.165, 1.54) is 0 Å². The lowest BCUT2D eigenvalue weighted by Crippen LogP contribution is -2.06. The van der Waals surface area contributed by atoms with E-state index in [-0.39, 0.29) is 35.5 Å². The van der Waals surface area contributed by atoms with Crippen LogP contribution in [0.5, 0.6) is 0 Å². The van der Waals surface area contributed by atoms with Gasteiger partial charge in [-0.05, 0) is 47.5 Å². The zero-order chi connectivity index (χ0) is 23.8. The van der Waals surface area contributed by atoms with Crippen molar-refractivity contribution in [2.45, 2.75) is 13.8 Å². The van der Waals surface area contributed by atoms with Gasteiger partial charge in [0.1, 0.15) is 11.1 Å². The molecule has 1 heterocycles. The molecule has 0 aliphatic rings. The predicted octanol–water partition coefficient (Wildman–Crippen LogP) is 6.71. The van der Waals surface area contributed by atoms with Gasteiger partial charge in [0.05, 0.1) is 13.2 Å². The summed E-state index contributed by atoms with van der Waals surface area (Å²) >= 11 is 0. The quantitative estimate of drug-likeness (QED) is 0.288. The summed E-state index contributed by atoms with van der Waals surface area (Å²) in [5.74, 6) is -1.16. The summed E-state index contributed by atoms with van der Waals surface area (Å²) in [6.07, 6.45) is 0. The number of benzene rings is 4. The first-order valence-electron chi connectivity index (χ1n) is 10.8. The van der Waals surface area contributed by atoms with Crippen LogP contribution in [-0.2, 0) is 9.47 Å². The van der Waals surface area contributed by atoms with E-state index >= 15 is 0 Å². The third kappa shape index (κ3) is 3.59. The second-order valence-corrected chi connectivity index (χ2v) is 8.40. The molecule has 0 atom stereocenters. The molecule has 1 N–H and O–H groups in total. The molecule has 0 amide bonds. The van der Waals surface area contributed by atoms with Crippen LogP contribution < -0.4 is 0 Å². The summed E-state index contributed by atoms with van der Waals surface area (Å²) in [4.78, 5) is 36.6. The van der Waals surface area contributed by atoms with E-state index in [0.29, 0.717) is 10.8 Å². The van der Waals surface area contributed by atoms with Crippen LogP contribution in [0, 0.1) is 0 Å². The maximum Gasteiger partial charge on any atom is 0.384 e. The summed E-state index contributed by atoms with van der Waals surface area (Å²) in [6.45, 7) is 3.79. The van der Waals surface area contributed by atoms with E-state index < -0.39 is 20.2 Å². The van der Waals surface area contributed by atoms with Gasteiger partial charge in [0.25, 0.3) is 0 Å². The van der Waals surface area contributed by atoms with Crippen LogP contribution in [0.15, 0.2) is 69.1 Å². The fraction of sp³-hybridized carbons (Fsp3) is 0.154. The van der Waals surface area contributed by atoms with Crippen LogP contribution in [0.25, 0.3) is 43.5 Å². The summed E-state index contributed by atoms with van der Waals surface area (Å²) in [7, 11) is -2.52. The average molecular weight is 476 g/mol. The lowest BCUT2D eigenvalue weighted by molar-refractivity contribution is 0.0518. The van der Waals surface area contributed by atoms with Gasteiger partial charge in [0.2, 0.25) is 0 Å². The minimum Gasteiger partial charge on any atom is -0.462 e. The number of fused-ring (bicyclic) bond motifs is 7. The van der Waals surface area contributed by atoms with Crippen molar-refractivity contribution >= 4 is 63.7 Å². The molecular formula is C26H21O7P. The van der Waals surface area contributed by atoms with Crippen LogP contribution in [0.4, 0.5) is 0 Å². The Bertz CT molecular complexity index is 1520. The van der Waals surface area contributed by atoms with Gasteiger partial charge in [-0.15, -0.1) is 0 Å². The molecule has 0 saturated heterocycles. The van der Waals surface area contributed by atoms with E-state index in [9.17, 15) is 14.5 Å². The molecule has 0 radical (unpaired) electrons. The van der Waals surface area contributed by atoms with Crippen molar-refractivity contribution in [1.82, 2.24) is 0 Å². The highest BCUT2D eigenvalue weighted by Gasteiger charge is 2.23. The minimum absolute atomic E-state index is 0.149. The van der Waals surface area contributed by atoms with Crippen LogP contribution in [0.3, 0.4) is 0 Å². The summed E-state index contributed by atoms with van der Waals surface area (Å²) in [5, 5.41) is 4.16. The van der Waals surface area contributed by atoms with E-state index in [1.807, 2.05) is 48.5 Å². The SMILES string of the molecule is CCOC(=O)c1cc2ccccc2c2c1op(O)oc1c(C(=O)OCC)cc3ccccc3c12. The lowest BCUT2D eigenvalue weighted by Gasteiger charge is -2.11. The van der Waals surface area contributed by atoms with Crippen LogP contribution in [0.2, 0.25) is 0 Å². The number of esters is 2. The Morgan fingerprint density at radius 2 is 1.18 bits per heavy atom. The first-order valence-corrected chi connectivity index (χ1v) is 12.0. The van der Waals surface area contributed by atoms with Gasteiger partial charge in [-0.2, -0.15) is 0 Å². The van der Waals surface area contributed by atoms with E-state index in [0.717, 1.165) is 21.5 Å². The summed E-state index contributed by atoms with van der Waals surface area (Å²) in [5.41, 5.74) is 0.629. The van der Waals surface area contributed by atoms with Gasteiger partial charge >= 0.3 is 20.2 Å². The monoisotopic (exact) mass is 476 g/mol. The van der Waals surface area contributed by atoms with Crippen LogP contribution in [-0.4, -0.2) is 30.0 Å². The van der Waals surface area contributed by atoms with Gasteiger partial charge in [0, 0.05) is 10.8 Å². The smallest absolute Gasteiger partial charge is 0.384 e. The lowest BCUT2D eigenvalue weighted by atomic mass is 9.94. The van der Waals surface area contributed by atoms with Crippen molar-refractivity contribution in [3.63, 3.8) is 0 Å². The molecule has 34 heavy (non-hydrogen) atoms. The third-order valence-corrected chi connectivity index (χ3v) is 6.26. The normalized spacial score (nSPS) is 11.3. The Labute approximate surface area is 195 Å². The molecule has 0 aliphatic carbocycles. The van der Waals surface area contributed by atoms with E-state index in [2.05, 4.69) is 0 Å². The second-order valence-electron chi connectivity index (χ2n) is 7.56.